The van der Waals surface area contributed by atoms with Crippen LogP contribution < -0.4 is 10.6 Å². The quantitative estimate of drug-likeness (QED) is 0.434. The number of rotatable bonds is 8. The van der Waals surface area contributed by atoms with Crippen molar-refractivity contribution in [3.63, 3.8) is 0 Å². The number of amides is 1. The Morgan fingerprint density at radius 1 is 1.09 bits per heavy atom. The number of nitrogens with zero attached hydrogens (tertiary/aromatic N) is 3. The average molecular weight is 520 g/mol. The molecule has 1 aliphatic heterocycles. The van der Waals surface area contributed by atoms with Gasteiger partial charge in [0.1, 0.15) is 4.90 Å². The zero-order valence-electron chi connectivity index (χ0n) is 18.8. The average Bonchev–Trinajstić information content (AvgIpc) is 3.28. The number of aromatic nitrogens is 2. The highest BCUT2D eigenvalue weighted by atomic mass is 32.2. The molecule has 1 aliphatic rings. The van der Waals surface area contributed by atoms with Crippen LogP contribution in [0.4, 0.5) is 16.5 Å². The first kappa shape index (κ1) is 24.6. The maximum absolute atomic E-state index is 13.2. The normalized spacial score (nSPS) is 14.6. The van der Waals surface area contributed by atoms with Gasteiger partial charge in [-0.3, -0.25) is 4.79 Å². The molecule has 0 saturated carbocycles. The van der Waals surface area contributed by atoms with E-state index in [0.717, 1.165) is 11.3 Å². The molecule has 34 heavy (non-hydrogen) atoms. The lowest BCUT2D eigenvalue weighted by Crippen LogP contribution is -2.41. The fourth-order valence-corrected chi connectivity index (χ4v) is 6.48. The minimum Gasteiger partial charge on any atom is -0.379 e. The van der Waals surface area contributed by atoms with Gasteiger partial charge in [0.25, 0.3) is 0 Å². The van der Waals surface area contributed by atoms with E-state index in [4.69, 9.17) is 4.74 Å². The molecule has 9 nitrogen and oxygen atoms in total. The molecule has 2 N–H and O–H groups in total. The van der Waals surface area contributed by atoms with Crippen molar-refractivity contribution in [3.8, 4) is 0 Å². The molecule has 2 aromatic carbocycles. The monoisotopic (exact) mass is 519 g/mol. The highest BCUT2D eigenvalue weighted by molar-refractivity contribution is 8.01. The Morgan fingerprint density at radius 2 is 1.79 bits per heavy atom. The molecule has 0 spiro atoms. The largest absolute Gasteiger partial charge is 0.379 e. The predicted molar refractivity (Wildman–Crippen MR) is 134 cm³/mol. The van der Waals surface area contributed by atoms with Crippen molar-refractivity contribution in [2.45, 2.75) is 23.1 Å². The molecule has 1 aromatic heterocycles. The number of thioether (sulfide) groups is 1. The maximum Gasteiger partial charge on any atom is 0.245 e. The lowest BCUT2D eigenvalue weighted by Gasteiger charge is -2.27. The van der Waals surface area contributed by atoms with Gasteiger partial charge in [-0.25, -0.2) is 8.42 Å². The molecule has 1 amide bonds. The van der Waals surface area contributed by atoms with Crippen molar-refractivity contribution >= 4 is 55.5 Å². The first-order valence-electron chi connectivity index (χ1n) is 10.6. The Hall–Kier alpha value is -2.51. The summed E-state index contributed by atoms with van der Waals surface area (Å²) in [7, 11) is -3.75. The van der Waals surface area contributed by atoms with E-state index in [1.165, 1.54) is 33.0 Å². The summed E-state index contributed by atoms with van der Waals surface area (Å²) in [6.45, 7) is 5.12. The molecule has 1 fully saturated rings. The number of carbonyl (C=O) groups excluding carboxylic acids is 1. The number of hydrogen-bond donors (Lipinski definition) is 2. The van der Waals surface area contributed by atoms with Gasteiger partial charge >= 0.3 is 0 Å². The summed E-state index contributed by atoms with van der Waals surface area (Å²) < 4.78 is 33.7. The van der Waals surface area contributed by atoms with Crippen LogP contribution in [0.3, 0.4) is 0 Å². The van der Waals surface area contributed by atoms with E-state index >= 15 is 0 Å². The van der Waals surface area contributed by atoms with E-state index in [2.05, 4.69) is 20.8 Å². The fraction of sp³-hybridized carbons (Fsp3) is 0.318. The number of nitrogens with one attached hydrogen (secondary N) is 2. The lowest BCUT2D eigenvalue weighted by molar-refractivity contribution is -0.113. The summed E-state index contributed by atoms with van der Waals surface area (Å²) in [6.07, 6.45) is 0. The molecule has 180 valence electrons. The van der Waals surface area contributed by atoms with E-state index in [1.54, 1.807) is 18.2 Å². The Kier molecular flexibility index (Phi) is 7.84. The number of morpholine rings is 1. The lowest BCUT2D eigenvalue weighted by atomic mass is 10.2. The SMILES string of the molecule is Cc1ccc(Nc2nnc(SCC(=O)Nc3ccc(C)cc3S(=O)(=O)N3CCOCC3)s2)cc1. The fourth-order valence-electron chi connectivity index (χ4n) is 3.26. The van der Waals surface area contributed by atoms with Gasteiger partial charge < -0.3 is 15.4 Å². The van der Waals surface area contributed by atoms with Crippen LogP contribution in [-0.2, 0) is 19.6 Å². The van der Waals surface area contributed by atoms with E-state index in [9.17, 15) is 13.2 Å². The second-order valence-electron chi connectivity index (χ2n) is 7.72. The Balaban J connectivity index is 1.39. The molecule has 0 radical (unpaired) electrons. The van der Waals surface area contributed by atoms with Gasteiger partial charge in [0, 0.05) is 18.8 Å². The first-order chi connectivity index (χ1) is 16.3. The third kappa shape index (κ3) is 6.13. The summed E-state index contributed by atoms with van der Waals surface area (Å²) in [4.78, 5) is 12.7. The third-order valence-electron chi connectivity index (χ3n) is 5.04. The minimum atomic E-state index is -3.75. The molecule has 2 heterocycles. The van der Waals surface area contributed by atoms with Gasteiger partial charge in [-0.05, 0) is 43.7 Å². The van der Waals surface area contributed by atoms with Gasteiger partial charge in [-0.1, -0.05) is 46.9 Å². The summed E-state index contributed by atoms with van der Waals surface area (Å²) >= 11 is 2.59. The van der Waals surface area contributed by atoms with Crippen LogP contribution in [0.1, 0.15) is 11.1 Å². The van der Waals surface area contributed by atoms with E-state index in [-0.39, 0.29) is 35.3 Å². The van der Waals surface area contributed by atoms with Gasteiger partial charge in [0.05, 0.1) is 24.7 Å². The number of sulfonamides is 1. The van der Waals surface area contributed by atoms with E-state index in [1.807, 2.05) is 38.1 Å². The highest BCUT2D eigenvalue weighted by Crippen LogP contribution is 2.29. The van der Waals surface area contributed by atoms with Crippen LogP contribution in [0.15, 0.2) is 51.7 Å². The smallest absolute Gasteiger partial charge is 0.245 e. The van der Waals surface area contributed by atoms with Gasteiger partial charge in [-0.2, -0.15) is 4.31 Å². The number of ether oxygens (including phenoxy) is 1. The summed E-state index contributed by atoms with van der Waals surface area (Å²) in [5, 5.41) is 14.8. The van der Waals surface area contributed by atoms with Crippen LogP contribution in [0.2, 0.25) is 0 Å². The summed E-state index contributed by atoms with van der Waals surface area (Å²) in [6, 6.07) is 12.9. The van der Waals surface area contributed by atoms with Crippen molar-refractivity contribution in [2.75, 3.05) is 42.7 Å². The summed E-state index contributed by atoms with van der Waals surface area (Å²) in [5.41, 5.74) is 3.13. The zero-order valence-corrected chi connectivity index (χ0v) is 21.2. The van der Waals surface area contributed by atoms with E-state index < -0.39 is 10.0 Å². The highest BCUT2D eigenvalue weighted by Gasteiger charge is 2.29. The molecule has 1 saturated heterocycles. The number of aryl methyl sites for hydroxylation is 2. The predicted octanol–water partition coefficient (Wildman–Crippen LogP) is 3.65. The molecule has 0 atom stereocenters. The zero-order chi connectivity index (χ0) is 24.1. The Morgan fingerprint density at radius 3 is 2.53 bits per heavy atom. The van der Waals surface area contributed by atoms with Crippen molar-refractivity contribution in [3.05, 3.63) is 53.6 Å². The van der Waals surface area contributed by atoms with Crippen LogP contribution in [0.5, 0.6) is 0 Å². The van der Waals surface area contributed by atoms with Crippen molar-refractivity contribution < 1.29 is 17.9 Å². The van der Waals surface area contributed by atoms with Crippen LogP contribution in [0, 0.1) is 13.8 Å². The second-order valence-corrected chi connectivity index (χ2v) is 11.8. The van der Waals surface area contributed by atoms with Gasteiger partial charge in [0.15, 0.2) is 4.34 Å². The minimum absolute atomic E-state index is 0.0735. The summed E-state index contributed by atoms with van der Waals surface area (Å²) in [5.74, 6) is -0.250. The molecule has 0 aliphatic carbocycles. The van der Waals surface area contributed by atoms with Crippen molar-refractivity contribution in [2.24, 2.45) is 0 Å². The van der Waals surface area contributed by atoms with Crippen LogP contribution >= 0.6 is 23.1 Å². The van der Waals surface area contributed by atoms with Crippen molar-refractivity contribution in [1.82, 2.24) is 14.5 Å². The maximum atomic E-state index is 13.2. The number of anilines is 3. The molecular formula is C22H25N5O4S3. The standard InChI is InChI=1S/C22H25N5O4S3/c1-15-3-6-17(7-4-15)23-21-25-26-22(33-21)32-14-20(28)24-18-8-5-16(2)13-19(18)34(29,30)27-9-11-31-12-10-27/h3-8,13H,9-12,14H2,1-2H3,(H,23,25)(H,24,28). The number of benzene rings is 2. The number of carbonyl (C=O) groups is 1. The van der Waals surface area contributed by atoms with E-state index in [0.29, 0.717) is 22.7 Å². The topological polar surface area (TPSA) is 114 Å². The number of hydrogen-bond acceptors (Lipinski definition) is 9. The molecule has 3 aromatic rings. The first-order valence-corrected chi connectivity index (χ1v) is 13.8. The van der Waals surface area contributed by atoms with Crippen LogP contribution in [-0.4, -0.2) is 60.9 Å². The molecule has 0 bridgehead atoms. The molecule has 0 unspecified atom stereocenters. The second kappa shape index (κ2) is 10.8. The van der Waals surface area contributed by atoms with Crippen LogP contribution in [0.25, 0.3) is 0 Å². The Bertz CT molecular complexity index is 1260. The molecular weight excluding hydrogens is 494 g/mol. The van der Waals surface area contributed by atoms with Gasteiger partial charge in [0.2, 0.25) is 21.1 Å². The molecule has 12 heteroatoms. The van der Waals surface area contributed by atoms with Gasteiger partial charge in [-0.15, -0.1) is 10.2 Å². The van der Waals surface area contributed by atoms with Crippen molar-refractivity contribution in [1.29, 1.82) is 0 Å². The third-order valence-corrected chi connectivity index (χ3v) is 8.95. The molecule has 4 rings (SSSR count). The Labute approximate surface area is 207 Å².